The van der Waals surface area contributed by atoms with Gasteiger partial charge in [-0.2, -0.15) is 5.26 Å². The van der Waals surface area contributed by atoms with Crippen LogP contribution in [0.3, 0.4) is 0 Å². The smallest absolute Gasteiger partial charge is 0.255 e. The van der Waals surface area contributed by atoms with Crippen molar-refractivity contribution in [2.24, 2.45) is 0 Å². The maximum atomic E-state index is 11.8. The Morgan fingerprint density at radius 3 is 2.88 bits per heavy atom. The maximum absolute atomic E-state index is 11.8. The van der Waals surface area contributed by atoms with Gasteiger partial charge in [0.2, 0.25) is 0 Å². The van der Waals surface area contributed by atoms with E-state index in [-0.39, 0.29) is 22.5 Å². The van der Waals surface area contributed by atoms with E-state index in [4.69, 9.17) is 28.5 Å². The predicted molar refractivity (Wildman–Crippen MR) is 61.4 cm³/mol. The molecule has 1 rings (SSSR count). The number of rotatable bonds is 3. The molecule has 1 heterocycles. The molecule has 0 aliphatic heterocycles. The third-order valence-corrected chi connectivity index (χ3v) is 2.63. The van der Waals surface area contributed by atoms with E-state index in [2.05, 4.69) is 4.98 Å². The summed E-state index contributed by atoms with van der Waals surface area (Å²) in [5.74, 6) is -0.235. The highest BCUT2D eigenvalue weighted by Crippen LogP contribution is 2.20. The number of nitrogens with zero attached hydrogens (tertiary/aromatic N) is 3. The summed E-state index contributed by atoms with van der Waals surface area (Å²) < 4.78 is 0. The first-order chi connectivity index (χ1) is 7.56. The van der Waals surface area contributed by atoms with Gasteiger partial charge < -0.3 is 4.90 Å². The first kappa shape index (κ1) is 12.8. The Balaban J connectivity index is 2.80. The lowest BCUT2D eigenvalue weighted by Gasteiger charge is -2.15. The predicted octanol–water partition coefficient (Wildman–Crippen LogP) is 2.37. The zero-order chi connectivity index (χ0) is 12.1. The fraction of sp³-hybridized carbons (Fsp3) is 0.300. The molecule has 4 nitrogen and oxygen atoms in total. The van der Waals surface area contributed by atoms with E-state index in [1.807, 2.05) is 6.07 Å². The fourth-order valence-electron chi connectivity index (χ4n) is 1.08. The van der Waals surface area contributed by atoms with E-state index in [1.165, 1.54) is 17.2 Å². The monoisotopic (exact) mass is 257 g/mol. The lowest BCUT2D eigenvalue weighted by atomic mass is 10.2. The van der Waals surface area contributed by atoms with Crippen LogP contribution in [0.15, 0.2) is 12.3 Å². The summed E-state index contributed by atoms with van der Waals surface area (Å²) in [6.07, 6.45) is 1.65. The Morgan fingerprint density at radius 2 is 2.31 bits per heavy atom. The van der Waals surface area contributed by atoms with E-state index in [1.54, 1.807) is 7.05 Å². The zero-order valence-corrected chi connectivity index (χ0v) is 10.1. The molecule has 1 amide bonds. The van der Waals surface area contributed by atoms with Gasteiger partial charge in [0, 0.05) is 19.8 Å². The highest BCUT2D eigenvalue weighted by molar-refractivity contribution is 6.41. The van der Waals surface area contributed by atoms with Gasteiger partial charge in [-0.15, -0.1) is 0 Å². The molecule has 0 aliphatic carbocycles. The van der Waals surface area contributed by atoms with Crippen molar-refractivity contribution in [2.45, 2.75) is 6.42 Å². The largest absolute Gasteiger partial charge is 0.341 e. The molecule has 0 radical (unpaired) electrons. The van der Waals surface area contributed by atoms with Crippen LogP contribution in [0.1, 0.15) is 16.8 Å². The molecule has 0 spiro atoms. The Hall–Kier alpha value is -1.31. The normalized spacial score (nSPS) is 9.62. The third-order valence-electron chi connectivity index (χ3n) is 1.95. The van der Waals surface area contributed by atoms with Gasteiger partial charge in [-0.3, -0.25) is 4.79 Å². The summed E-state index contributed by atoms with van der Waals surface area (Å²) >= 11 is 11.4. The first-order valence-electron chi connectivity index (χ1n) is 4.49. The van der Waals surface area contributed by atoms with Crippen molar-refractivity contribution in [3.8, 4) is 6.07 Å². The van der Waals surface area contributed by atoms with Crippen molar-refractivity contribution in [1.82, 2.24) is 9.88 Å². The minimum atomic E-state index is -0.235. The maximum Gasteiger partial charge on any atom is 0.255 e. The van der Waals surface area contributed by atoms with Gasteiger partial charge in [0.05, 0.1) is 23.1 Å². The second kappa shape index (κ2) is 5.69. The van der Waals surface area contributed by atoms with Crippen LogP contribution >= 0.6 is 23.2 Å². The molecule has 84 valence electrons. The van der Waals surface area contributed by atoms with Gasteiger partial charge in [-0.05, 0) is 6.07 Å². The Bertz CT molecular complexity index is 442. The third kappa shape index (κ3) is 3.09. The molecule has 0 saturated heterocycles. The van der Waals surface area contributed by atoms with Crippen LogP contribution in [0.2, 0.25) is 10.2 Å². The average Bonchev–Trinajstić information content (AvgIpc) is 2.28. The number of hydrogen-bond donors (Lipinski definition) is 0. The van der Waals surface area contributed by atoms with Gasteiger partial charge in [0.25, 0.3) is 5.91 Å². The Morgan fingerprint density at radius 1 is 1.62 bits per heavy atom. The minimum absolute atomic E-state index is 0.165. The molecule has 0 fully saturated rings. The van der Waals surface area contributed by atoms with Gasteiger partial charge >= 0.3 is 0 Å². The number of carbonyl (C=O) groups is 1. The van der Waals surface area contributed by atoms with E-state index >= 15 is 0 Å². The molecule has 0 aromatic carbocycles. The lowest BCUT2D eigenvalue weighted by molar-refractivity contribution is 0.0797. The molecule has 0 N–H and O–H groups in total. The molecule has 0 saturated carbocycles. The molecule has 0 aliphatic rings. The van der Waals surface area contributed by atoms with Gasteiger partial charge in [-0.25, -0.2) is 4.98 Å². The molecular formula is C10H9Cl2N3O. The van der Waals surface area contributed by atoms with Crippen LogP contribution in [0.5, 0.6) is 0 Å². The van der Waals surface area contributed by atoms with Crippen molar-refractivity contribution in [3.63, 3.8) is 0 Å². The topological polar surface area (TPSA) is 57.0 Å². The summed E-state index contributed by atoms with van der Waals surface area (Å²) in [5, 5.41) is 8.81. The summed E-state index contributed by atoms with van der Waals surface area (Å²) in [7, 11) is 1.61. The van der Waals surface area contributed by atoms with E-state index in [0.29, 0.717) is 12.1 Å². The number of pyridine rings is 1. The standard InChI is InChI=1S/C10H9Cl2N3O/c1-15(4-2-3-13)10(16)7-5-8(11)9(12)14-6-7/h5-6H,2,4H2,1H3. The Labute approximate surface area is 103 Å². The number of amides is 1. The van der Waals surface area contributed by atoms with Crippen LogP contribution in [0.4, 0.5) is 0 Å². The number of carbonyl (C=O) groups excluding carboxylic acids is 1. The highest BCUT2D eigenvalue weighted by Gasteiger charge is 2.13. The van der Waals surface area contributed by atoms with E-state index in [9.17, 15) is 4.79 Å². The molecule has 1 aromatic heterocycles. The van der Waals surface area contributed by atoms with Crippen molar-refractivity contribution >= 4 is 29.1 Å². The van der Waals surface area contributed by atoms with Crippen molar-refractivity contribution in [2.75, 3.05) is 13.6 Å². The second-order valence-electron chi connectivity index (χ2n) is 3.13. The van der Waals surface area contributed by atoms with Gasteiger partial charge in [0.15, 0.2) is 0 Å². The van der Waals surface area contributed by atoms with Crippen molar-refractivity contribution in [1.29, 1.82) is 5.26 Å². The summed E-state index contributed by atoms with van der Waals surface area (Å²) in [5.41, 5.74) is 0.356. The molecule has 16 heavy (non-hydrogen) atoms. The van der Waals surface area contributed by atoms with E-state index in [0.717, 1.165) is 0 Å². The quantitative estimate of drug-likeness (QED) is 0.782. The van der Waals surface area contributed by atoms with Crippen molar-refractivity contribution in [3.05, 3.63) is 28.0 Å². The Kier molecular flexibility index (Phi) is 4.53. The van der Waals surface area contributed by atoms with Crippen LogP contribution in [-0.2, 0) is 0 Å². The molecular weight excluding hydrogens is 249 g/mol. The average molecular weight is 258 g/mol. The van der Waals surface area contributed by atoms with Crippen LogP contribution in [-0.4, -0.2) is 29.4 Å². The number of halogens is 2. The molecule has 0 bridgehead atoms. The van der Waals surface area contributed by atoms with Gasteiger partial charge in [-0.1, -0.05) is 23.2 Å². The summed E-state index contributed by atoms with van der Waals surface area (Å²) in [6.45, 7) is 0.371. The van der Waals surface area contributed by atoms with Crippen molar-refractivity contribution < 1.29 is 4.79 Å². The zero-order valence-electron chi connectivity index (χ0n) is 8.57. The fourth-order valence-corrected chi connectivity index (χ4v) is 1.35. The SMILES string of the molecule is CN(CCC#N)C(=O)c1cnc(Cl)c(Cl)c1. The second-order valence-corrected chi connectivity index (χ2v) is 3.90. The van der Waals surface area contributed by atoms with E-state index < -0.39 is 0 Å². The van der Waals surface area contributed by atoms with Crippen LogP contribution in [0.25, 0.3) is 0 Å². The number of nitriles is 1. The van der Waals surface area contributed by atoms with Crippen LogP contribution < -0.4 is 0 Å². The lowest BCUT2D eigenvalue weighted by Crippen LogP contribution is -2.27. The van der Waals surface area contributed by atoms with Gasteiger partial charge in [0.1, 0.15) is 5.15 Å². The minimum Gasteiger partial charge on any atom is -0.341 e. The number of aromatic nitrogens is 1. The molecule has 6 heteroatoms. The summed E-state index contributed by atoms with van der Waals surface area (Å²) in [4.78, 5) is 17.0. The highest BCUT2D eigenvalue weighted by atomic mass is 35.5. The molecule has 1 aromatic rings. The molecule has 0 atom stereocenters. The summed E-state index contributed by atoms with van der Waals surface area (Å²) in [6, 6.07) is 3.43. The van der Waals surface area contributed by atoms with Crippen LogP contribution in [0, 0.1) is 11.3 Å². The molecule has 0 unspecified atom stereocenters. The number of hydrogen-bond acceptors (Lipinski definition) is 3. The first-order valence-corrected chi connectivity index (χ1v) is 5.25.